The fourth-order valence-corrected chi connectivity index (χ4v) is 2.41. The second-order valence-corrected chi connectivity index (χ2v) is 6.09. The van der Waals surface area contributed by atoms with Gasteiger partial charge in [0.05, 0.1) is 11.8 Å². The van der Waals surface area contributed by atoms with Crippen LogP contribution >= 0.6 is 0 Å². The molecule has 8 nitrogen and oxygen atoms in total. The Morgan fingerprint density at radius 3 is 2.73 bits per heavy atom. The number of carbonyl (C=O) groups excluding carboxylic acids is 2. The molecule has 0 atom stereocenters. The van der Waals surface area contributed by atoms with Gasteiger partial charge in [0, 0.05) is 18.5 Å². The first kappa shape index (κ1) is 21.1. The number of rotatable bonds is 8. The van der Waals surface area contributed by atoms with Crippen molar-refractivity contribution in [2.45, 2.75) is 25.6 Å². The Morgan fingerprint density at radius 1 is 1.17 bits per heavy atom. The van der Waals surface area contributed by atoms with Gasteiger partial charge in [-0.15, -0.1) is 0 Å². The van der Waals surface area contributed by atoms with Gasteiger partial charge in [0.2, 0.25) is 5.82 Å². The van der Waals surface area contributed by atoms with Gasteiger partial charge in [-0.05, 0) is 30.7 Å². The second-order valence-electron chi connectivity index (χ2n) is 6.09. The van der Waals surface area contributed by atoms with Crippen molar-refractivity contribution in [2.24, 2.45) is 0 Å². The van der Waals surface area contributed by atoms with E-state index in [0.29, 0.717) is 6.42 Å². The number of alkyl halides is 3. The predicted octanol–water partition coefficient (Wildman–Crippen LogP) is 3.60. The van der Waals surface area contributed by atoms with Crippen molar-refractivity contribution in [3.63, 3.8) is 0 Å². The maximum absolute atomic E-state index is 12.8. The van der Waals surface area contributed by atoms with E-state index in [1.807, 2.05) is 0 Å². The molecule has 0 aliphatic rings. The molecule has 1 amide bonds. The zero-order valence-electron chi connectivity index (χ0n) is 15.4. The quantitative estimate of drug-likeness (QED) is 0.436. The monoisotopic (exact) mass is 423 g/mol. The Hall–Kier alpha value is -3.63. The SMILES string of the molecule is O=C(CCCNC(=O)c1ccco1)OCc1nc(-c2cccc(C(F)(F)F)c2)no1. The lowest BCUT2D eigenvalue weighted by atomic mass is 10.1. The van der Waals surface area contributed by atoms with Gasteiger partial charge in [-0.3, -0.25) is 9.59 Å². The topological polar surface area (TPSA) is 107 Å². The van der Waals surface area contributed by atoms with Crippen LogP contribution in [0, 0.1) is 0 Å². The lowest BCUT2D eigenvalue weighted by Gasteiger charge is -2.06. The van der Waals surface area contributed by atoms with Crippen LogP contribution in [-0.4, -0.2) is 28.6 Å². The van der Waals surface area contributed by atoms with Crippen LogP contribution in [0.5, 0.6) is 0 Å². The van der Waals surface area contributed by atoms with Crippen LogP contribution in [0.4, 0.5) is 13.2 Å². The number of aromatic nitrogens is 2. The average molecular weight is 423 g/mol. The molecular weight excluding hydrogens is 407 g/mol. The van der Waals surface area contributed by atoms with Crippen molar-refractivity contribution in [1.82, 2.24) is 15.5 Å². The van der Waals surface area contributed by atoms with Crippen molar-refractivity contribution in [1.29, 1.82) is 0 Å². The number of halogens is 3. The van der Waals surface area contributed by atoms with E-state index in [2.05, 4.69) is 15.5 Å². The first-order chi connectivity index (χ1) is 14.3. The number of esters is 1. The number of ether oxygens (including phenoxy) is 1. The minimum atomic E-state index is -4.49. The minimum absolute atomic E-state index is 0.0348. The standard InChI is InChI=1S/C19H16F3N3O5/c20-19(21,22)13-5-1-4-12(10-13)17-24-15(30-25-17)11-29-16(26)7-2-8-23-18(27)14-6-3-9-28-14/h1,3-6,9-10H,2,7-8,11H2,(H,23,27). The summed E-state index contributed by atoms with van der Waals surface area (Å²) < 4.78 is 53.2. The lowest BCUT2D eigenvalue weighted by molar-refractivity contribution is -0.145. The third-order valence-corrected chi connectivity index (χ3v) is 3.86. The first-order valence-electron chi connectivity index (χ1n) is 8.80. The molecule has 0 aliphatic heterocycles. The van der Waals surface area contributed by atoms with E-state index in [9.17, 15) is 22.8 Å². The number of carbonyl (C=O) groups is 2. The molecule has 0 saturated heterocycles. The van der Waals surface area contributed by atoms with Gasteiger partial charge in [0.1, 0.15) is 0 Å². The molecule has 0 bridgehead atoms. The van der Waals surface area contributed by atoms with Crippen molar-refractivity contribution >= 4 is 11.9 Å². The number of hydrogen-bond donors (Lipinski definition) is 1. The van der Waals surface area contributed by atoms with E-state index in [4.69, 9.17) is 13.7 Å². The summed E-state index contributed by atoms with van der Waals surface area (Å²) in [4.78, 5) is 27.3. The molecule has 1 N–H and O–H groups in total. The number of hydrogen-bond acceptors (Lipinski definition) is 7. The summed E-state index contributed by atoms with van der Waals surface area (Å²) >= 11 is 0. The van der Waals surface area contributed by atoms with E-state index >= 15 is 0 Å². The van der Waals surface area contributed by atoms with Crippen molar-refractivity contribution in [3.8, 4) is 11.4 Å². The highest BCUT2D eigenvalue weighted by molar-refractivity contribution is 5.91. The molecule has 11 heteroatoms. The van der Waals surface area contributed by atoms with E-state index < -0.39 is 17.7 Å². The Kier molecular flexibility index (Phi) is 6.50. The maximum Gasteiger partial charge on any atom is 0.416 e. The fourth-order valence-electron chi connectivity index (χ4n) is 2.41. The molecule has 0 saturated carbocycles. The van der Waals surface area contributed by atoms with Crippen LogP contribution < -0.4 is 5.32 Å². The minimum Gasteiger partial charge on any atom is -0.459 e. The molecular formula is C19H16F3N3O5. The molecule has 0 aliphatic carbocycles. The van der Waals surface area contributed by atoms with Gasteiger partial charge in [0.15, 0.2) is 12.4 Å². The van der Waals surface area contributed by atoms with Gasteiger partial charge in [0.25, 0.3) is 11.8 Å². The second kappa shape index (κ2) is 9.25. The van der Waals surface area contributed by atoms with Crippen molar-refractivity contribution in [2.75, 3.05) is 6.54 Å². The number of nitrogens with zero attached hydrogens (tertiary/aromatic N) is 2. The highest BCUT2D eigenvalue weighted by Gasteiger charge is 2.30. The summed E-state index contributed by atoms with van der Waals surface area (Å²) in [7, 11) is 0. The van der Waals surface area contributed by atoms with Crippen LogP contribution in [0.1, 0.15) is 34.9 Å². The van der Waals surface area contributed by atoms with E-state index in [0.717, 1.165) is 12.1 Å². The summed E-state index contributed by atoms with van der Waals surface area (Å²) in [5.74, 6) is -0.873. The van der Waals surface area contributed by atoms with Gasteiger partial charge < -0.3 is 19.0 Å². The van der Waals surface area contributed by atoms with Gasteiger partial charge in [-0.1, -0.05) is 17.3 Å². The average Bonchev–Trinajstić information content (AvgIpc) is 3.41. The summed E-state index contributed by atoms with van der Waals surface area (Å²) in [6.07, 6.45) is -2.74. The Bertz CT molecular complexity index is 999. The van der Waals surface area contributed by atoms with Gasteiger partial charge in [-0.25, -0.2) is 0 Å². The molecule has 0 unspecified atom stereocenters. The van der Waals surface area contributed by atoms with E-state index in [1.165, 1.54) is 24.5 Å². The van der Waals surface area contributed by atoms with Crippen LogP contribution in [0.25, 0.3) is 11.4 Å². The maximum atomic E-state index is 12.8. The van der Waals surface area contributed by atoms with Crippen molar-refractivity contribution in [3.05, 3.63) is 59.9 Å². The van der Waals surface area contributed by atoms with Gasteiger partial charge in [-0.2, -0.15) is 18.2 Å². The molecule has 0 spiro atoms. The normalized spacial score (nSPS) is 11.3. The summed E-state index contributed by atoms with van der Waals surface area (Å²) in [6, 6.07) is 7.58. The zero-order valence-corrected chi connectivity index (χ0v) is 15.4. The van der Waals surface area contributed by atoms with Crippen LogP contribution in [0.2, 0.25) is 0 Å². The highest BCUT2D eigenvalue weighted by Crippen LogP contribution is 2.31. The largest absolute Gasteiger partial charge is 0.459 e. The molecule has 1 aromatic carbocycles. The number of nitrogens with one attached hydrogen (secondary N) is 1. The molecule has 3 aromatic rings. The number of furan rings is 1. The predicted molar refractivity (Wildman–Crippen MR) is 94.8 cm³/mol. The molecule has 0 radical (unpaired) electrons. The first-order valence-corrected chi connectivity index (χ1v) is 8.80. The molecule has 158 valence electrons. The van der Waals surface area contributed by atoms with E-state index in [1.54, 1.807) is 6.07 Å². The third kappa shape index (κ3) is 5.69. The Morgan fingerprint density at radius 2 is 2.00 bits per heavy atom. The van der Waals surface area contributed by atoms with Crippen LogP contribution in [0.3, 0.4) is 0 Å². The number of amides is 1. The summed E-state index contributed by atoms with van der Waals surface area (Å²) in [5.41, 5.74) is -0.713. The fraction of sp³-hybridized carbons (Fsp3) is 0.263. The van der Waals surface area contributed by atoms with Crippen molar-refractivity contribution < 1.29 is 36.4 Å². The number of benzene rings is 1. The van der Waals surface area contributed by atoms with Crippen LogP contribution in [-0.2, 0) is 22.3 Å². The molecule has 2 aromatic heterocycles. The summed E-state index contributed by atoms with van der Waals surface area (Å²) in [5, 5.41) is 6.20. The summed E-state index contributed by atoms with van der Waals surface area (Å²) in [6.45, 7) is -0.0710. The van der Waals surface area contributed by atoms with Crippen LogP contribution in [0.15, 0.2) is 51.6 Å². The lowest BCUT2D eigenvalue weighted by Crippen LogP contribution is -2.24. The third-order valence-electron chi connectivity index (χ3n) is 3.86. The van der Waals surface area contributed by atoms with E-state index in [-0.39, 0.29) is 48.5 Å². The Balaban J connectivity index is 1.43. The molecule has 0 fully saturated rings. The smallest absolute Gasteiger partial charge is 0.416 e. The zero-order chi connectivity index (χ0) is 21.6. The van der Waals surface area contributed by atoms with Gasteiger partial charge >= 0.3 is 12.1 Å². The molecule has 30 heavy (non-hydrogen) atoms. The molecule has 2 heterocycles. The molecule has 3 rings (SSSR count). The Labute approximate surface area is 168 Å². The highest BCUT2D eigenvalue weighted by atomic mass is 19.4.